The monoisotopic (exact) mass is 383 g/mol. The van der Waals surface area contributed by atoms with Crippen LogP contribution in [0.25, 0.3) is 0 Å². The molecule has 2 aromatic rings. The third kappa shape index (κ3) is 3.95. The molecule has 0 bridgehead atoms. The second kappa shape index (κ2) is 8.41. The number of carbonyl (C=O) groups excluding carboxylic acids is 1. The first-order valence-electron chi connectivity index (χ1n) is 10.1. The third-order valence-electron chi connectivity index (χ3n) is 5.86. The first-order chi connectivity index (χ1) is 13.7. The molecule has 2 aliphatic heterocycles. The third-order valence-corrected chi connectivity index (χ3v) is 5.86. The number of methoxy groups -OCH3 is 1. The molecule has 1 saturated heterocycles. The summed E-state index contributed by atoms with van der Waals surface area (Å²) in [4.78, 5) is 17.3. The quantitative estimate of drug-likeness (QED) is 0.807. The number of carbonyl (C=O) groups is 1. The lowest BCUT2D eigenvalue weighted by atomic mass is 9.96. The van der Waals surface area contributed by atoms with Gasteiger partial charge in [0.1, 0.15) is 11.6 Å². The summed E-state index contributed by atoms with van der Waals surface area (Å²) in [5.74, 6) is 2.49. The smallest absolute Gasteiger partial charge is 0.253 e. The zero-order chi connectivity index (χ0) is 19.5. The molecule has 4 rings (SSSR count). The Hall–Kier alpha value is -2.25. The van der Waals surface area contributed by atoms with Gasteiger partial charge >= 0.3 is 0 Å². The maximum absolute atomic E-state index is 13.0. The summed E-state index contributed by atoms with van der Waals surface area (Å²) in [6, 6.07) is 7.73. The fraction of sp³-hybridized carbons (Fsp3) is 0.571. The van der Waals surface area contributed by atoms with Gasteiger partial charge in [-0.3, -0.25) is 4.79 Å². The Bertz CT molecular complexity index is 817. The maximum Gasteiger partial charge on any atom is 0.253 e. The van der Waals surface area contributed by atoms with Crippen molar-refractivity contribution >= 4 is 5.91 Å². The Kier molecular flexibility index (Phi) is 5.73. The van der Waals surface area contributed by atoms with E-state index >= 15 is 0 Å². The minimum Gasteiger partial charge on any atom is -0.380 e. The van der Waals surface area contributed by atoms with Crippen molar-refractivity contribution in [3.8, 4) is 0 Å². The second-order valence-corrected chi connectivity index (χ2v) is 7.90. The van der Waals surface area contributed by atoms with Crippen LogP contribution in [-0.2, 0) is 24.3 Å². The number of fused-ring (bicyclic) bond motifs is 1. The molecule has 7 heteroatoms. The van der Waals surface area contributed by atoms with Crippen LogP contribution in [0.4, 0.5) is 0 Å². The van der Waals surface area contributed by atoms with Gasteiger partial charge in [-0.25, -0.2) is 0 Å². The molecule has 0 spiro atoms. The highest BCUT2D eigenvalue weighted by Crippen LogP contribution is 2.28. The van der Waals surface area contributed by atoms with Gasteiger partial charge in [0, 0.05) is 57.7 Å². The Morgan fingerprint density at radius 2 is 1.96 bits per heavy atom. The predicted octanol–water partition coefficient (Wildman–Crippen LogP) is 1.93. The molecule has 1 amide bonds. The highest BCUT2D eigenvalue weighted by Gasteiger charge is 2.30. The van der Waals surface area contributed by atoms with Crippen LogP contribution in [0.2, 0.25) is 0 Å². The highest BCUT2D eigenvalue weighted by molar-refractivity contribution is 5.94. The molecule has 0 aliphatic carbocycles. The number of aromatic nitrogens is 3. The maximum atomic E-state index is 13.0. The zero-order valence-electron chi connectivity index (χ0n) is 16.8. The molecule has 0 saturated carbocycles. The molecule has 2 aliphatic rings. The minimum absolute atomic E-state index is 0.101. The summed E-state index contributed by atoms with van der Waals surface area (Å²) in [7, 11) is 3.83. The normalized spacial score (nSPS) is 20.6. The minimum atomic E-state index is 0.101. The number of piperidine rings is 1. The number of benzene rings is 1. The molecule has 7 nitrogen and oxygen atoms in total. The van der Waals surface area contributed by atoms with Crippen LogP contribution in [0.5, 0.6) is 0 Å². The SMILES string of the molecule is COCc1ccc(C(=O)N2CCCC(c3nnc4n3CCN(C)CC4)C2)cc1. The van der Waals surface area contributed by atoms with Gasteiger partial charge in [0.05, 0.1) is 6.61 Å². The fourth-order valence-electron chi connectivity index (χ4n) is 4.22. The number of rotatable bonds is 4. The van der Waals surface area contributed by atoms with Gasteiger partial charge in [-0.2, -0.15) is 0 Å². The van der Waals surface area contributed by atoms with Gasteiger partial charge < -0.3 is 19.1 Å². The van der Waals surface area contributed by atoms with Crippen molar-refractivity contribution in [2.24, 2.45) is 0 Å². The van der Waals surface area contributed by atoms with E-state index in [1.807, 2.05) is 29.2 Å². The number of likely N-dealkylation sites (tertiary alicyclic amines) is 1. The summed E-state index contributed by atoms with van der Waals surface area (Å²) in [5, 5.41) is 8.98. The Labute approximate surface area is 166 Å². The van der Waals surface area contributed by atoms with E-state index in [0.29, 0.717) is 13.2 Å². The molecule has 150 valence electrons. The summed E-state index contributed by atoms with van der Waals surface area (Å²) in [6.45, 7) is 5.05. The highest BCUT2D eigenvalue weighted by atomic mass is 16.5. The Balaban J connectivity index is 1.48. The Morgan fingerprint density at radius 1 is 1.14 bits per heavy atom. The molecular formula is C21H29N5O2. The van der Waals surface area contributed by atoms with E-state index in [-0.39, 0.29) is 11.8 Å². The van der Waals surface area contributed by atoms with E-state index in [2.05, 4.69) is 26.7 Å². The topological polar surface area (TPSA) is 63.5 Å². The lowest BCUT2D eigenvalue weighted by molar-refractivity contribution is 0.0703. The largest absolute Gasteiger partial charge is 0.380 e. The van der Waals surface area contributed by atoms with E-state index in [0.717, 1.165) is 68.2 Å². The molecule has 1 aromatic heterocycles. The molecule has 0 radical (unpaired) electrons. The summed E-state index contributed by atoms with van der Waals surface area (Å²) < 4.78 is 7.44. The van der Waals surface area contributed by atoms with E-state index in [9.17, 15) is 4.79 Å². The number of ether oxygens (including phenoxy) is 1. The van der Waals surface area contributed by atoms with Gasteiger partial charge in [0.25, 0.3) is 5.91 Å². The van der Waals surface area contributed by atoms with E-state index in [1.54, 1.807) is 7.11 Å². The number of amides is 1. The lowest BCUT2D eigenvalue weighted by Gasteiger charge is -2.32. The first kappa shape index (κ1) is 19.1. The zero-order valence-corrected chi connectivity index (χ0v) is 16.8. The van der Waals surface area contributed by atoms with Gasteiger partial charge in [0.15, 0.2) is 0 Å². The standard InChI is InChI=1S/C21H29N5O2/c1-24-11-9-19-22-23-20(26(19)13-12-24)18-4-3-10-25(14-18)21(27)17-7-5-16(6-8-17)15-28-2/h5-8,18H,3-4,9-15H2,1-2H3. The first-order valence-corrected chi connectivity index (χ1v) is 10.1. The number of nitrogens with zero attached hydrogens (tertiary/aromatic N) is 5. The van der Waals surface area contributed by atoms with Crippen molar-refractivity contribution in [1.82, 2.24) is 24.6 Å². The average molecular weight is 383 g/mol. The van der Waals surface area contributed by atoms with Crippen molar-refractivity contribution in [2.45, 2.75) is 38.3 Å². The summed E-state index contributed by atoms with van der Waals surface area (Å²) in [5.41, 5.74) is 1.81. The van der Waals surface area contributed by atoms with E-state index < -0.39 is 0 Å². The number of hydrogen-bond acceptors (Lipinski definition) is 5. The predicted molar refractivity (Wildman–Crippen MR) is 106 cm³/mol. The van der Waals surface area contributed by atoms with Gasteiger partial charge in [-0.05, 0) is 37.6 Å². The average Bonchev–Trinajstić information content (AvgIpc) is 3.05. The van der Waals surface area contributed by atoms with Gasteiger partial charge in [-0.15, -0.1) is 10.2 Å². The van der Waals surface area contributed by atoms with E-state index in [1.165, 1.54) is 0 Å². The van der Waals surface area contributed by atoms with Gasteiger partial charge in [0.2, 0.25) is 0 Å². The van der Waals surface area contributed by atoms with Crippen LogP contribution < -0.4 is 0 Å². The van der Waals surface area contributed by atoms with Crippen molar-refractivity contribution in [1.29, 1.82) is 0 Å². The number of hydrogen-bond donors (Lipinski definition) is 0. The molecule has 1 aromatic carbocycles. The molecular weight excluding hydrogens is 354 g/mol. The van der Waals surface area contributed by atoms with Crippen molar-refractivity contribution < 1.29 is 9.53 Å². The van der Waals surface area contributed by atoms with Crippen LogP contribution in [0.1, 0.15) is 46.3 Å². The second-order valence-electron chi connectivity index (χ2n) is 7.90. The van der Waals surface area contributed by atoms with Crippen LogP contribution >= 0.6 is 0 Å². The van der Waals surface area contributed by atoms with Crippen molar-refractivity contribution in [2.75, 3.05) is 40.3 Å². The van der Waals surface area contributed by atoms with Crippen LogP contribution in [-0.4, -0.2) is 70.8 Å². The molecule has 3 heterocycles. The number of likely N-dealkylation sites (N-methyl/N-ethyl adjacent to an activating group) is 1. The summed E-state index contributed by atoms with van der Waals surface area (Å²) >= 11 is 0. The van der Waals surface area contributed by atoms with Gasteiger partial charge in [-0.1, -0.05) is 12.1 Å². The van der Waals surface area contributed by atoms with Crippen molar-refractivity contribution in [3.63, 3.8) is 0 Å². The van der Waals surface area contributed by atoms with Crippen LogP contribution in [0, 0.1) is 0 Å². The summed E-state index contributed by atoms with van der Waals surface area (Å²) in [6.07, 6.45) is 3.00. The van der Waals surface area contributed by atoms with Crippen LogP contribution in [0.15, 0.2) is 24.3 Å². The molecule has 1 fully saturated rings. The molecule has 0 N–H and O–H groups in total. The molecule has 1 atom stereocenters. The molecule has 28 heavy (non-hydrogen) atoms. The van der Waals surface area contributed by atoms with Crippen LogP contribution in [0.3, 0.4) is 0 Å². The van der Waals surface area contributed by atoms with Crippen molar-refractivity contribution in [3.05, 3.63) is 47.0 Å². The Morgan fingerprint density at radius 3 is 2.75 bits per heavy atom. The fourth-order valence-corrected chi connectivity index (χ4v) is 4.22. The molecule has 1 unspecified atom stereocenters. The van der Waals surface area contributed by atoms with E-state index in [4.69, 9.17) is 4.74 Å². The lowest BCUT2D eigenvalue weighted by Crippen LogP contribution is -2.40.